The van der Waals surface area contributed by atoms with Gasteiger partial charge in [0, 0.05) is 39.1 Å². The Kier molecular flexibility index (Phi) is 5.95. The molecule has 1 aliphatic rings. The summed E-state index contributed by atoms with van der Waals surface area (Å²) in [5.41, 5.74) is 1.67. The number of thioether (sulfide) groups is 1. The van der Waals surface area contributed by atoms with Crippen LogP contribution in [-0.2, 0) is 34.1 Å². The first-order chi connectivity index (χ1) is 14.0. The van der Waals surface area contributed by atoms with Gasteiger partial charge in [0.1, 0.15) is 5.82 Å². The first kappa shape index (κ1) is 20.4. The fourth-order valence-corrected chi connectivity index (χ4v) is 5.77. The van der Waals surface area contributed by atoms with E-state index < -0.39 is 10.0 Å². The van der Waals surface area contributed by atoms with E-state index in [0.717, 1.165) is 29.5 Å². The second kappa shape index (κ2) is 8.47. The van der Waals surface area contributed by atoms with Crippen LogP contribution in [0.1, 0.15) is 19.2 Å². The molecule has 0 atom stereocenters. The molecular formula is C19H25N5O3S2. The number of nitrogens with zero attached hydrogens (tertiary/aromatic N) is 5. The first-order valence-electron chi connectivity index (χ1n) is 9.68. The van der Waals surface area contributed by atoms with E-state index in [4.69, 9.17) is 9.72 Å². The number of ether oxygens (including phenoxy) is 1. The van der Waals surface area contributed by atoms with Crippen LogP contribution in [0.2, 0.25) is 0 Å². The monoisotopic (exact) mass is 435 g/mol. The molecule has 0 unspecified atom stereocenters. The van der Waals surface area contributed by atoms with Crippen LogP contribution in [0.5, 0.6) is 0 Å². The van der Waals surface area contributed by atoms with Crippen molar-refractivity contribution in [3.05, 3.63) is 36.4 Å². The highest BCUT2D eigenvalue weighted by Crippen LogP contribution is 2.27. The summed E-state index contributed by atoms with van der Waals surface area (Å²) in [5.74, 6) is 1.60. The standard InChI is InChI=1S/C19H25N5O3S2/c1-3-7-24-17-5-4-15(29(25,26)23-9-11-27-12-10-23)13-16(17)21-18(24)14-28-19-20-6-8-22(19)2/h4-6,8,13H,3,7,9-12,14H2,1-2H3. The lowest BCUT2D eigenvalue weighted by molar-refractivity contribution is 0.0730. The maximum atomic E-state index is 13.0. The Labute approximate surface area is 174 Å². The molecule has 0 bridgehead atoms. The van der Waals surface area contributed by atoms with E-state index in [2.05, 4.69) is 16.5 Å². The lowest BCUT2D eigenvalue weighted by Gasteiger charge is -2.26. The molecule has 1 aliphatic heterocycles. The topological polar surface area (TPSA) is 82.2 Å². The summed E-state index contributed by atoms with van der Waals surface area (Å²) in [5, 5.41) is 0.927. The van der Waals surface area contributed by atoms with Gasteiger partial charge in [0.25, 0.3) is 0 Å². The molecule has 29 heavy (non-hydrogen) atoms. The van der Waals surface area contributed by atoms with Gasteiger partial charge in [-0.2, -0.15) is 4.31 Å². The van der Waals surface area contributed by atoms with E-state index in [1.54, 1.807) is 30.1 Å². The Morgan fingerprint density at radius 2 is 2.03 bits per heavy atom. The van der Waals surface area contributed by atoms with Crippen molar-refractivity contribution in [3.8, 4) is 0 Å². The van der Waals surface area contributed by atoms with Gasteiger partial charge in [0.05, 0.1) is 34.9 Å². The molecule has 3 aromatic rings. The van der Waals surface area contributed by atoms with Crippen molar-refractivity contribution in [3.63, 3.8) is 0 Å². The van der Waals surface area contributed by atoms with Gasteiger partial charge in [-0.3, -0.25) is 0 Å². The second-order valence-electron chi connectivity index (χ2n) is 6.96. The van der Waals surface area contributed by atoms with Crippen molar-refractivity contribution in [2.24, 2.45) is 7.05 Å². The number of fused-ring (bicyclic) bond motifs is 1. The van der Waals surface area contributed by atoms with Gasteiger partial charge < -0.3 is 13.9 Å². The lowest BCUT2D eigenvalue weighted by atomic mass is 10.3. The smallest absolute Gasteiger partial charge is 0.243 e. The fourth-order valence-electron chi connectivity index (χ4n) is 3.46. The highest BCUT2D eigenvalue weighted by Gasteiger charge is 2.27. The average molecular weight is 436 g/mol. The van der Waals surface area contributed by atoms with Crippen molar-refractivity contribution in [2.75, 3.05) is 26.3 Å². The molecule has 0 saturated carbocycles. The van der Waals surface area contributed by atoms with E-state index in [-0.39, 0.29) is 4.90 Å². The Bertz CT molecular complexity index is 1100. The van der Waals surface area contributed by atoms with E-state index in [1.165, 1.54) is 4.31 Å². The maximum Gasteiger partial charge on any atom is 0.243 e. The summed E-state index contributed by atoms with van der Waals surface area (Å²) in [6.45, 7) is 4.59. The second-order valence-corrected chi connectivity index (χ2v) is 9.84. The summed E-state index contributed by atoms with van der Waals surface area (Å²) in [6.07, 6.45) is 4.67. The molecule has 8 nitrogen and oxygen atoms in total. The number of benzene rings is 1. The number of morpholine rings is 1. The zero-order chi connectivity index (χ0) is 20.4. The number of aromatic nitrogens is 4. The van der Waals surface area contributed by atoms with Crippen LogP contribution < -0.4 is 0 Å². The summed E-state index contributed by atoms with van der Waals surface area (Å²) in [7, 11) is -1.57. The third-order valence-corrected chi connectivity index (χ3v) is 7.91. The molecule has 0 radical (unpaired) electrons. The molecule has 0 amide bonds. The van der Waals surface area contributed by atoms with Crippen molar-refractivity contribution in [1.82, 2.24) is 23.4 Å². The molecule has 2 aromatic heterocycles. The van der Waals surface area contributed by atoms with Crippen molar-refractivity contribution in [2.45, 2.75) is 35.7 Å². The van der Waals surface area contributed by atoms with Crippen LogP contribution in [0.4, 0.5) is 0 Å². The van der Waals surface area contributed by atoms with Gasteiger partial charge in [0.2, 0.25) is 10.0 Å². The predicted molar refractivity (Wildman–Crippen MR) is 112 cm³/mol. The maximum absolute atomic E-state index is 13.0. The fraction of sp³-hybridized carbons (Fsp3) is 0.474. The number of hydrogen-bond donors (Lipinski definition) is 0. The van der Waals surface area contributed by atoms with E-state index >= 15 is 0 Å². The highest BCUT2D eigenvalue weighted by atomic mass is 32.2. The van der Waals surface area contributed by atoms with Crippen LogP contribution >= 0.6 is 11.8 Å². The molecule has 1 aromatic carbocycles. The molecular weight excluding hydrogens is 410 g/mol. The van der Waals surface area contributed by atoms with E-state index in [1.807, 2.05) is 23.9 Å². The zero-order valence-corrected chi connectivity index (χ0v) is 18.2. The molecule has 4 rings (SSSR count). The minimum Gasteiger partial charge on any atom is -0.379 e. The minimum atomic E-state index is -3.54. The van der Waals surface area contributed by atoms with Gasteiger partial charge in [-0.15, -0.1) is 0 Å². The molecule has 0 aliphatic carbocycles. The third-order valence-electron chi connectivity index (χ3n) is 4.96. The third kappa shape index (κ3) is 4.07. The number of hydrogen-bond acceptors (Lipinski definition) is 6. The van der Waals surface area contributed by atoms with Crippen LogP contribution in [0.3, 0.4) is 0 Å². The van der Waals surface area contributed by atoms with Gasteiger partial charge >= 0.3 is 0 Å². The number of rotatable bonds is 7. The SMILES string of the molecule is CCCn1c(CSc2nccn2C)nc2cc(S(=O)(=O)N3CCOCC3)ccc21. The lowest BCUT2D eigenvalue weighted by Crippen LogP contribution is -2.40. The van der Waals surface area contributed by atoms with Crippen molar-refractivity contribution < 1.29 is 13.2 Å². The van der Waals surface area contributed by atoms with Crippen LogP contribution in [-0.4, -0.2) is 58.1 Å². The summed E-state index contributed by atoms with van der Waals surface area (Å²) in [4.78, 5) is 9.42. The van der Waals surface area contributed by atoms with Crippen molar-refractivity contribution in [1.29, 1.82) is 0 Å². The van der Waals surface area contributed by atoms with Gasteiger partial charge in [0.15, 0.2) is 5.16 Å². The average Bonchev–Trinajstić information content (AvgIpc) is 3.30. The van der Waals surface area contributed by atoms with Gasteiger partial charge in [-0.25, -0.2) is 18.4 Å². The number of sulfonamides is 1. The highest BCUT2D eigenvalue weighted by molar-refractivity contribution is 7.98. The summed E-state index contributed by atoms with van der Waals surface area (Å²) < 4.78 is 36.9. The Morgan fingerprint density at radius 1 is 1.24 bits per heavy atom. The number of aryl methyl sites for hydroxylation is 2. The Morgan fingerprint density at radius 3 is 2.72 bits per heavy atom. The van der Waals surface area contributed by atoms with E-state index in [0.29, 0.717) is 37.6 Å². The van der Waals surface area contributed by atoms with E-state index in [9.17, 15) is 8.42 Å². The Balaban J connectivity index is 1.66. The quantitative estimate of drug-likeness (QED) is 0.531. The van der Waals surface area contributed by atoms with Gasteiger partial charge in [-0.1, -0.05) is 18.7 Å². The normalized spacial score (nSPS) is 15.9. The zero-order valence-electron chi connectivity index (χ0n) is 16.6. The molecule has 0 spiro atoms. The van der Waals surface area contributed by atoms with Crippen molar-refractivity contribution >= 4 is 32.8 Å². The minimum absolute atomic E-state index is 0.288. The molecule has 10 heteroatoms. The van der Waals surface area contributed by atoms with Crippen LogP contribution in [0, 0.1) is 0 Å². The van der Waals surface area contributed by atoms with Gasteiger partial charge in [-0.05, 0) is 24.6 Å². The molecule has 0 N–H and O–H groups in total. The largest absolute Gasteiger partial charge is 0.379 e. The molecule has 1 fully saturated rings. The molecule has 156 valence electrons. The molecule has 1 saturated heterocycles. The predicted octanol–water partition coefficient (Wildman–Crippen LogP) is 2.49. The summed E-state index contributed by atoms with van der Waals surface area (Å²) >= 11 is 1.62. The first-order valence-corrected chi connectivity index (χ1v) is 12.1. The molecule has 3 heterocycles. The summed E-state index contributed by atoms with van der Waals surface area (Å²) in [6, 6.07) is 5.26. The number of imidazole rings is 2. The van der Waals surface area contributed by atoms with Crippen LogP contribution in [0.15, 0.2) is 40.6 Å². The van der Waals surface area contributed by atoms with Crippen LogP contribution in [0.25, 0.3) is 11.0 Å². The Hall–Kier alpha value is -1.88.